The summed E-state index contributed by atoms with van der Waals surface area (Å²) in [6.07, 6.45) is 2.06. The predicted octanol–water partition coefficient (Wildman–Crippen LogP) is 1.99. The zero-order valence-electron chi connectivity index (χ0n) is 13.1. The van der Waals surface area contributed by atoms with Gasteiger partial charge in [-0.05, 0) is 25.5 Å². The van der Waals surface area contributed by atoms with E-state index < -0.39 is 6.10 Å². The molecule has 0 spiro atoms. The Bertz CT molecular complexity index is 391. The van der Waals surface area contributed by atoms with Gasteiger partial charge in [0.1, 0.15) is 11.5 Å². The van der Waals surface area contributed by atoms with E-state index in [1.165, 1.54) is 0 Å². The molecule has 0 amide bonds. The summed E-state index contributed by atoms with van der Waals surface area (Å²) in [4.78, 5) is 2.15. The molecule has 1 aromatic heterocycles. The van der Waals surface area contributed by atoms with E-state index >= 15 is 0 Å². The molecule has 1 atom stereocenters. The van der Waals surface area contributed by atoms with Crippen molar-refractivity contribution in [3.05, 3.63) is 36.3 Å². The van der Waals surface area contributed by atoms with Crippen LogP contribution >= 0.6 is 0 Å². The molecule has 1 heterocycles. The quantitative estimate of drug-likeness (QED) is 0.472. The zero-order chi connectivity index (χ0) is 15.5. The lowest BCUT2D eigenvalue weighted by atomic mass is 10.3. The average Bonchev–Trinajstić information content (AvgIpc) is 2.84. The highest BCUT2D eigenvalue weighted by Crippen LogP contribution is 2.10. The Kier molecular flexibility index (Phi) is 9.01. The third kappa shape index (κ3) is 8.02. The number of aryl methyl sites for hydroxylation is 1. The van der Waals surface area contributed by atoms with Crippen LogP contribution < -0.4 is 0 Å². The van der Waals surface area contributed by atoms with Crippen LogP contribution in [0.5, 0.6) is 0 Å². The van der Waals surface area contributed by atoms with Gasteiger partial charge in [-0.25, -0.2) is 0 Å². The topological polar surface area (TPSA) is 55.1 Å². The van der Waals surface area contributed by atoms with Crippen LogP contribution in [0.2, 0.25) is 0 Å². The van der Waals surface area contributed by atoms with Crippen LogP contribution in [-0.4, -0.2) is 56.1 Å². The lowest BCUT2D eigenvalue weighted by molar-refractivity contribution is 0.0216. The Balaban J connectivity index is 2.44. The van der Waals surface area contributed by atoms with E-state index in [-0.39, 0.29) is 0 Å². The summed E-state index contributed by atoms with van der Waals surface area (Å²) in [5.41, 5.74) is 0. The number of aliphatic hydroxyl groups excluding tert-OH is 1. The molecule has 0 aliphatic rings. The molecule has 0 radical (unpaired) electrons. The van der Waals surface area contributed by atoms with Gasteiger partial charge in [0.2, 0.25) is 0 Å². The summed E-state index contributed by atoms with van der Waals surface area (Å²) < 4.78 is 16.0. The lowest BCUT2D eigenvalue weighted by Crippen LogP contribution is -2.35. The molecule has 0 aliphatic carbocycles. The number of methoxy groups -OCH3 is 1. The first-order valence-corrected chi connectivity index (χ1v) is 7.29. The van der Waals surface area contributed by atoms with E-state index in [4.69, 9.17) is 13.9 Å². The van der Waals surface area contributed by atoms with Gasteiger partial charge in [0.15, 0.2) is 0 Å². The molecule has 0 saturated heterocycles. The van der Waals surface area contributed by atoms with Gasteiger partial charge in [0.25, 0.3) is 0 Å². The molecule has 5 nitrogen and oxygen atoms in total. The Hall–Kier alpha value is -1.14. The number of rotatable bonds is 12. The van der Waals surface area contributed by atoms with Gasteiger partial charge in [-0.1, -0.05) is 6.08 Å². The Morgan fingerprint density at radius 3 is 2.90 bits per heavy atom. The van der Waals surface area contributed by atoms with Crippen molar-refractivity contribution in [1.29, 1.82) is 0 Å². The van der Waals surface area contributed by atoms with Crippen LogP contribution in [-0.2, 0) is 16.0 Å². The fourth-order valence-corrected chi connectivity index (χ4v) is 2.10. The van der Waals surface area contributed by atoms with Crippen LogP contribution in [0.4, 0.5) is 0 Å². The van der Waals surface area contributed by atoms with Crippen molar-refractivity contribution in [1.82, 2.24) is 4.90 Å². The number of nitrogens with zero attached hydrogens (tertiary/aromatic N) is 1. The van der Waals surface area contributed by atoms with Crippen LogP contribution in [0, 0.1) is 6.92 Å². The minimum Gasteiger partial charge on any atom is -0.465 e. The number of hydrogen-bond acceptors (Lipinski definition) is 5. The molecule has 120 valence electrons. The Labute approximate surface area is 127 Å². The van der Waals surface area contributed by atoms with Crippen molar-refractivity contribution in [3.63, 3.8) is 0 Å². The number of ether oxygens (including phenoxy) is 2. The van der Waals surface area contributed by atoms with Crippen molar-refractivity contribution >= 4 is 0 Å². The summed E-state index contributed by atoms with van der Waals surface area (Å²) in [6, 6.07) is 3.92. The van der Waals surface area contributed by atoms with E-state index in [0.717, 1.165) is 24.5 Å². The van der Waals surface area contributed by atoms with Gasteiger partial charge < -0.3 is 19.0 Å². The molecule has 0 aliphatic heterocycles. The third-order valence-electron chi connectivity index (χ3n) is 3.01. The van der Waals surface area contributed by atoms with Gasteiger partial charge in [-0.2, -0.15) is 0 Å². The summed E-state index contributed by atoms with van der Waals surface area (Å²) in [5.74, 6) is 1.81. The second kappa shape index (κ2) is 10.6. The standard InChI is InChI=1S/C16H27NO4/c1-4-9-20-13-15(18)11-17(8-5-10-19-3)12-16-7-6-14(2)21-16/h4,6-7,15,18H,1,5,8-13H2,2-3H3. The zero-order valence-corrected chi connectivity index (χ0v) is 13.1. The average molecular weight is 297 g/mol. The molecule has 1 N–H and O–H groups in total. The van der Waals surface area contributed by atoms with Gasteiger partial charge in [-0.3, -0.25) is 4.90 Å². The molecule has 1 unspecified atom stereocenters. The second-order valence-electron chi connectivity index (χ2n) is 5.07. The molecule has 21 heavy (non-hydrogen) atoms. The van der Waals surface area contributed by atoms with Crippen LogP contribution in [0.15, 0.2) is 29.2 Å². The maximum atomic E-state index is 10.0. The van der Waals surface area contributed by atoms with Crippen molar-refractivity contribution < 1.29 is 19.0 Å². The highest BCUT2D eigenvalue weighted by atomic mass is 16.5. The van der Waals surface area contributed by atoms with E-state index in [1.54, 1.807) is 13.2 Å². The fraction of sp³-hybridized carbons (Fsp3) is 0.625. The lowest BCUT2D eigenvalue weighted by Gasteiger charge is -2.24. The molecule has 5 heteroatoms. The van der Waals surface area contributed by atoms with E-state index in [9.17, 15) is 5.11 Å². The molecule has 0 fully saturated rings. The van der Waals surface area contributed by atoms with E-state index in [0.29, 0.717) is 32.9 Å². The third-order valence-corrected chi connectivity index (χ3v) is 3.01. The minimum atomic E-state index is -0.524. The smallest absolute Gasteiger partial charge is 0.118 e. The molecular formula is C16H27NO4. The van der Waals surface area contributed by atoms with Crippen molar-refractivity contribution in [2.75, 3.05) is 40.0 Å². The molecule has 0 aromatic carbocycles. The first kappa shape index (κ1) is 17.9. The highest BCUT2D eigenvalue weighted by molar-refractivity contribution is 5.05. The Morgan fingerprint density at radius 1 is 1.48 bits per heavy atom. The molecular weight excluding hydrogens is 270 g/mol. The van der Waals surface area contributed by atoms with E-state index in [1.807, 2.05) is 19.1 Å². The maximum Gasteiger partial charge on any atom is 0.118 e. The van der Waals surface area contributed by atoms with Gasteiger partial charge in [-0.15, -0.1) is 6.58 Å². The van der Waals surface area contributed by atoms with Crippen molar-refractivity contribution in [2.45, 2.75) is 26.0 Å². The largest absolute Gasteiger partial charge is 0.465 e. The molecule has 1 aromatic rings. The molecule has 1 rings (SSSR count). The second-order valence-corrected chi connectivity index (χ2v) is 5.07. The van der Waals surface area contributed by atoms with Crippen molar-refractivity contribution in [3.8, 4) is 0 Å². The maximum absolute atomic E-state index is 10.0. The first-order valence-electron chi connectivity index (χ1n) is 7.29. The summed E-state index contributed by atoms with van der Waals surface area (Å²) in [6.45, 7) is 9.04. The van der Waals surface area contributed by atoms with Gasteiger partial charge >= 0.3 is 0 Å². The number of furan rings is 1. The minimum absolute atomic E-state index is 0.310. The monoisotopic (exact) mass is 297 g/mol. The predicted molar refractivity (Wildman–Crippen MR) is 82.2 cm³/mol. The van der Waals surface area contributed by atoms with E-state index in [2.05, 4.69) is 11.5 Å². The van der Waals surface area contributed by atoms with Gasteiger partial charge in [0, 0.05) is 26.8 Å². The van der Waals surface area contributed by atoms with Gasteiger partial charge in [0.05, 0.1) is 25.9 Å². The van der Waals surface area contributed by atoms with Crippen LogP contribution in [0.25, 0.3) is 0 Å². The Morgan fingerprint density at radius 2 is 2.29 bits per heavy atom. The van der Waals surface area contributed by atoms with Crippen LogP contribution in [0.1, 0.15) is 17.9 Å². The number of hydrogen-bond donors (Lipinski definition) is 1. The fourth-order valence-electron chi connectivity index (χ4n) is 2.10. The molecule has 0 saturated carbocycles. The number of aliphatic hydroxyl groups is 1. The summed E-state index contributed by atoms with van der Waals surface area (Å²) in [7, 11) is 1.69. The van der Waals surface area contributed by atoms with Crippen molar-refractivity contribution in [2.24, 2.45) is 0 Å². The van der Waals surface area contributed by atoms with Crippen LogP contribution in [0.3, 0.4) is 0 Å². The normalized spacial score (nSPS) is 12.8. The highest BCUT2D eigenvalue weighted by Gasteiger charge is 2.14. The SMILES string of the molecule is C=CCOCC(O)CN(CCCOC)Cc1ccc(C)o1. The summed E-state index contributed by atoms with van der Waals surface area (Å²) >= 11 is 0. The molecule has 0 bridgehead atoms. The summed E-state index contributed by atoms with van der Waals surface area (Å²) in [5, 5.41) is 10.0. The first-order chi connectivity index (χ1) is 10.2.